The molecule has 160 valence electrons. The summed E-state index contributed by atoms with van der Waals surface area (Å²) in [6.07, 6.45) is 1.93. The van der Waals surface area contributed by atoms with Crippen LogP contribution in [-0.2, 0) is 10.3 Å². The first-order valence-corrected chi connectivity index (χ1v) is 10.4. The van der Waals surface area contributed by atoms with E-state index >= 15 is 0 Å². The molecule has 3 amide bonds. The van der Waals surface area contributed by atoms with Crippen molar-refractivity contribution in [2.75, 3.05) is 20.3 Å². The van der Waals surface area contributed by atoms with Crippen molar-refractivity contribution in [3.63, 3.8) is 0 Å². The first-order chi connectivity index (χ1) is 14.4. The Morgan fingerprint density at radius 3 is 2.40 bits per heavy atom. The normalized spacial score (nSPS) is 18.5. The van der Waals surface area contributed by atoms with Gasteiger partial charge in [-0.3, -0.25) is 9.69 Å². The summed E-state index contributed by atoms with van der Waals surface area (Å²) in [6.45, 7) is 6.79. The summed E-state index contributed by atoms with van der Waals surface area (Å²) >= 11 is 0. The molecule has 2 aromatic rings. The van der Waals surface area contributed by atoms with E-state index < -0.39 is 5.54 Å². The fourth-order valence-electron chi connectivity index (χ4n) is 3.81. The summed E-state index contributed by atoms with van der Waals surface area (Å²) in [4.78, 5) is 27.2. The molecule has 0 bridgehead atoms. The van der Waals surface area contributed by atoms with Crippen LogP contribution in [0.5, 0.6) is 11.5 Å². The number of amides is 3. The van der Waals surface area contributed by atoms with Gasteiger partial charge in [-0.25, -0.2) is 4.79 Å². The number of hydrogen-bond donors (Lipinski definition) is 1. The molecule has 1 aliphatic heterocycles. The second-order valence-electron chi connectivity index (χ2n) is 7.70. The Balaban J connectivity index is 1.60. The van der Waals surface area contributed by atoms with E-state index in [9.17, 15) is 9.59 Å². The Kier molecular flexibility index (Phi) is 6.65. The molecule has 0 aliphatic carbocycles. The molecule has 30 heavy (non-hydrogen) atoms. The second-order valence-corrected chi connectivity index (χ2v) is 7.70. The van der Waals surface area contributed by atoms with Crippen LogP contribution in [0.4, 0.5) is 4.79 Å². The number of urea groups is 1. The van der Waals surface area contributed by atoms with Crippen molar-refractivity contribution in [3.8, 4) is 11.5 Å². The molecule has 1 heterocycles. The van der Waals surface area contributed by atoms with Crippen molar-refractivity contribution in [3.05, 3.63) is 59.2 Å². The van der Waals surface area contributed by atoms with Crippen LogP contribution in [0.3, 0.4) is 0 Å². The summed E-state index contributed by atoms with van der Waals surface area (Å²) in [7, 11) is 1.62. The van der Waals surface area contributed by atoms with E-state index in [0.717, 1.165) is 29.0 Å². The van der Waals surface area contributed by atoms with Crippen molar-refractivity contribution >= 4 is 11.9 Å². The van der Waals surface area contributed by atoms with Gasteiger partial charge in [0.05, 0.1) is 13.7 Å². The Morgan fingerprint density at radius 1 is 1.03 bits per heavy atom. The highest BCUT2D eigenvalue weighted by Crippen LogP contribution is 2.34. The molecule has 1 atom stereocenters. The Labute approximate surface area is 178 Å². The predicted molar refractivity (Wildman–Crippen MR) is 116 cm³/mol. The highest BCUT2D eigenvalue weighted by Gasteiger charge is 2.51. The maximum Gasteiger partial charge on any atom is 0.325 e. The van der Waals surface area contributed by atoms with Gasteiger partial charge in [-0.15, -0.1) is 0 Å². The molecule has 1 N–H and O–H groups in total. The van der Waals surface area contributed by atoms with Crippen molar-refractivity contribution in [2.45, 2.75) is 45.6 Å². The number of benzene rings is 2. The highest BCUT2D eigenvalue weighted by atomic mass is 16.5. The summed E-state index contributed by atoms with van der Waals surface area (Å²) in [5, 5.41) is 2.94. The van der Waals surface area contributed by atoms with Gasteiger partial charge in [0.15, 0.2) is 0 Å². The summed E-state index contributed by atoms with van der Waals surface area (Å²) in [5.41, 5.74) is 1.88. The lowest BCUT2D eigenvalue weighted by Crippen LogP contribution is -2.43. The van der Waals surface area contributed by atoms with Crippen molar-refractivity contribution in [1.82, 2.24) is 10.2 Å². The van der Waals surface area contributed by atoms with Crippen molar-refractivity contribution in [2.24, 2.45) is 0 Å². The summed E-state index contributed by atoms with van der Waals surface area (Å²) in [6, 6.07) is 13.2. The van der Waals surface area contributed by atoms with Gasteiger partial charge in [-0.1, -0.05) is 30.7 Å². The quantitative estimate of drug-likeness (QED) is 0.494. The van der Waals surface area contributed by atoms with Crippen LogP contribution in [-0.4, -0.2) is 37.1 Å². The maximum absolute atomic E-state index is 13.2. The van der Waals surface area contributed by atoms with E-state index in [1.54, 1.807) is 7.11 Å². The molecule has 6 heteroatoms. The monoisotopic (exact) mass is 410 g/mol. The maximum atomic E-state index is 13.2. The smallest absolute Gasteiger partial charge is 0.325 e. The minimum Gasteiger partial charge on any atom is -0.496 e. The second kappa shape index (κ2) is 9.20. The van der Waals surface area contributed by atoms with E-state index in [-0.39, 0.29) is 11.9 Å². The van der Waals surface area contributed by atoms with Gasteiger partial charge >= 0.3 is 6.03 Å². The van der Waals surface area contributed by atoms with Crippen LogP contribution in [0.15, 0.2) is 42.5 Å². The van der Waals surface area contributed by atoms with Gasteiger partial charge in [0.1, 0.15) is 17.0 Å². The van der Waals surface area contributed by atoms with Gasteiger partial charge in [0.2, 0.25) is 0 Å². The fourth-order valence-corrected chi connectivity index (χ4v) is 3.81. The number of nitrogens with zero attached hydrogens (tertiary/aromatic N) is 1. The van der Waals surface area contributed by atoms with Crippen molar-refractivity contribution in [1.29, 1.82) is 0 Å². The molecule has 1 saturated heterocycles. The first kappa shape index (κ1) is 21.7. The number of carbonyl (C=O) groups excluding carboxylic acids is 2. The lowest BCUT2D eigenvalue weighted by atomic mass is 9.86. The van der Waals surface area contributed by atoms with Gasteiger partial charge < -0.3 is 14.8 Å². The molecular formula is C24H30N2O4. The lowest BCUT2D eigenvalue weighted by molar-refractivity contribution is -0.131. The van der Waals surface area contributed by atoms with Crippen LogP contribution in [0.25, 0.3) is 0 Å². The molecule has 1 fully saturated rings. The molecule has 6 nitrogen and oxygen atoms in total. The van der Waals surface area contributed by atoms with Crippen molar-refractivity contribution < 1.29 is 19.1 Å². The van der Waals surface area contributed by atoms with Gasteiger partial charge in [-0.2, -0.15) is 0 Å². The summed E-state index contributed by atoms with van der Waals surface area (Å²) < 4.78 is 11.0. The lowest BCUT2D eigenvalue weighted by Gasteiger charge is -2.26. The van der Waals surface area contributed by atoms with E-state index in [2.05, 4.69) is 5.32 Å². The highest BCUT2D eigenvalue weighted by molar-refractivity contribution is 6.07. The van der Waals surface area contributed by atoms with Crippen LogP contribution >= 0.6 is 0 Å². The Morgan fingerprint density at radius 2 is 1.77 bits per heavy atom. The molecular weight excluding hydrogens is 380 g/mol. The Bertz CT molecular complexity index is 910. The third kappa shape index (κ3) is 4.27. The van der Waals surface area contributed by atoms with E-state index in [0.29, 0.717) is 26.0 Å². The van der Waals surface area contributed by atoms with Crippen LogP contribution in [0, 0.1) is 13.8 Å². The zero-order valence-corrected chi connectivity index (χ0v) is 18.2. The zero-order chi connectivity index (χ0) is 21.7. The van der Waals surface area contributed by atoms with Crippen LogP contribution in [0.1, 0.15) is 42.9 Å². The van der Waals surface area contributed by atoms with E-state index in [1.807, 2.05) is 63.2 Å². The number of ether oxygens (including phenoxy) is 2. The summed E-state index contributed by atoms with van der Waals surface area (Å²) in [5.74, 6) is 1.39. The average Bonchev–Trinajstić information content (AvgIpc) is 2.99. The standard InChI is InChI=1S/C24H30N2O4/c1-5-24(19-10-13-21(29-4)18(3)16-19)22(27)26(23(28)25-24)14-6-7-15-30-20-11-8-17(2)9-12-20/h8-13,16H,5-7,14-15H2,1-4H3,(H,25,28). The number of carbonyl (C=O) groups is 2. The Hall–Kier alpha value is -3.02. The largest absolute Gasteiger partial charge is 0.496 e. The third-order valence-corrected chi connectivity index (χ3v) is 5.66. The number of unbranched alkanes of at least 4 members (excludes halogenated alkanes) is 1. The topological polar surface area (TPSA) is 67.9 Å². The number of methoxy groups -OCH3 is 1. The molecule has 0 radical (unpaired) electrons. The molecule has 1 aliphatic rings. The van der Waals surface area contributed by atoms with Gasteiger partial charge in [-0.05, 0) is 68.5 Å². The van der Waals surface area contributed by atoms with E-state index in [1.165, 1.54) is 10.5 Å². The predicted octanol–water partition coefficient (Wildman–Crippen LogP) is 4.33. The molecule has 1 unspecified atom stereocenters. The SMILES string of the molecule is CCC1(c2ccc(OC)c(C)c2)NC(=O)N(CCCCOc2ccc(C)cc2)C1=O. The molecule has 3 rings (SSSR count). The molecule has 0 aromatic heterocycles. The first-order valence-electron chi connectivity index (χ1n) is 10.4. The van der Waals surface area contributed by atoms with Crippen LogP contribution < -0.4 is 14.8 Å². The molecule has 0 spiro atoms. The fraction of sp³-hybridized carbons (Fsp3) is 0.417. The zero-order valence-electron chi connectivity index (χ0n) is 18.2. The average molecular weight is 411 g/mol. The van der Waals surface area contributed by atoms with Gasteiger partial charge in [0, 0.05) is 6.54 Å². The number of imide groups is 1. The number of hydrogen-bond acceptors (Lipinski definition) is 4. The minimum absolute atomic E-state index is 0.195. The van der Waals surface area contributed by atoms with E-state index in [4.69, 9.17) is 9.47 Å². The molecule has 2 aromatic carbocycles. The number of aryl methyl sites for hydroxylation is 2. The van der Waals surface area contributed by atoms with Gasteiger partial charge in [0.25, 0.3) is 5.91 Å². The number of rotatable bonds is 9. The third-order valence-electron chi connectivity index (χ3n) is 5.66. The number of nitrogens with one attached hydrogen (secondary N) is 1. The molecule has 0 saturated carbocycles. The minimum atomic E-state index is -1.02. The van der Waals surface area contributed by atoms with Crippen LogP contribution in [0.2, 0.25) is 0 Å².